The maximum atomic E-state index is 11.4. The molecule has 1 unspecified atom stereocenters. The second kappa shape index (κ2) is 7.19. The molecule has 15 heavy (non-hydrogen) atoms. The van der Waals surface area contributed by atoms with Gasteiger partial charge in [0, 0.05) is 6.54 Å². The average molecular weight is 237 g/mol. The molecule has 0 aliphatic carbocycles. The monoisotopic (exact) mass is 237 g/mol. The maximum Gasteiger partial charge on any atom is 0.211 e. The van der Waals surface area contributed by atoms with Gasteiger partial charge in [-0.15, -0.1) is 0 Å². The van der Waals surface area contributed by atoms with Crippen LogP contribution in [-0.4, -0.2) is 31.9 Å². The van der Waals surface area contributed by atoms with Gasteiger partial charge in [-0.1, -0.05) is 27.2 Å². The van der Waals surface area contributed by atoms with Crippen LogP contribution in [0, 0.1) is 5.92 Å². The fourth-order valence-electron chi connectivity index (χ4n) is 1.26. The van der Waals surface area contributed by atoms with Gasteiger partial charge in [0.05, 0.1) is 11.9 Å². The lowest BCUT2D eigenvalue weighted by Crippen LogP contribution is -2.34. The van der Waals surface area contributed by atoms with Gasteiger partial charge in [0.1, 0.15) is 0 Å². The normalized spacial score (nSPS) is 14.5. The lowest BCUT2D eigenvalue weighted by molar-refractivity contribution is 0.152. The van der Waals surface area contributed by atoms with Crippen molar-refractivity contribution in [3.63, 3.8) is 0 Å². The molecule has 0 fully saturated rings. The average Bonchev–Trinajstić information content (AvgIpc) is 2.11. The van der Waals surface area contributed by atoms with Gasteiger partial charge in [0.2, 0.25) is 10.0 Å². The van der Waals surface area contributed by atoms with Crippen LogP contribution in [0.1, 0.15) is 40.0 Å². The van der Waals surface area contributed by atoms with Gasteiger partial charge >= 0.3 is 0 Å². The summed E-state index contributed by atoms with van der Waals surface area (Å²) in [5, 5.41) is 9.48. The summed E-state index contributed by atoms with van der Waals surface area (Å²) in [6, 6.07) is 0. The van der Waals surface area contributed by atoms with Crippen molar-refractivity contribution in [1.29, 1.82) is 0 Å². The summed E-state index contributed by atoms with van der Waals surface area (Å²) < 4.78 is 25.1. The third kappa shape index (κ3) is 8.84. The third-order valence-corrected chi connectivity index (χ3v) is 3.48. The van der Waals surface area contributed by atoms with Crippen molar-refractivity contribution in [1.82, 2.24) is 4.72 Å². The van der Waals surface area contributed by atoms with Crippen LogP contribution >= 0.6 is 0 Å². The molecule has 0 amide bonds. The predicted molar refractivity (Wildman–Crippen MR) is 62.2 cm³/mol. The van der Waals surface area contributed by atoms with E-state index in [1.807, 2.05) is 20.8 Å². The van der Waals surface area contributed by atoms with Crippen molar-refractivity contribution in [2.24, 2.45) is 5.92 Å². The highest BCUT2D eigenvalue weighted by molar-refractivity contribution is 7.89. The van der Waals surface area contributed by atoms with Gasteiger partial charge in [-0.3, -0.25) is 0 Å². The van der Waals surface area contributed by atoms with Crippen molar-refractivity contribution in [2.45, 2.75) is 46.1 Å². The number of hydrogen-bond acceptors (Lipinski definition) is 3. The Morgan fingerprint density at radius 1 is 1.33 bits per heavy atom. The first-order valence-corrected chi connectivity index (χ1v) is 7.18. The molecule has 4 nitrogen and oxygen atoms in total. The molecule has 0 aliphatic rings. The lowest BCUT2D eigenvalue weighted by Gasteiger charge is -2.13. The minimum atomic E-state index is -3.18. The summed E-state index contributed by atoms with van der Waals surface area (Å²) in [7, 11) is -3.18. The molecular formula is C10H23NO3S. The Labute approximate surface area is 93.1 Å². The molecule has 0 bridgehead atoms. The molecule has 0 aliphatic heterocycles. The second-order valence-corrected chi connectivity index (χ2v) is 6.23. The number of nitrogens with one attached hydrogen (secondary N) is 1. The van der Waals surface area contributed by atoms with E-state index in [-0.39, 0.29) is 12.3 Å². The highest BCUT2D eigenvalue weighted by Gasteiger charge is 2.13. The summed E-state index contributed by atoms with van der Waals surface area (Å²) in [6.07, 6.45) is 1.56. The fourth-order valence-corrected chi connectivity index (χ4v) is 2.52. The van der Waals surface area contributed by atoms with Gasteiger partial charge in [0.25, 0.3) is 0 Å². The van der Waals surface area contributed by atoms with E-state index in [4.69, 9.17) is 0 Å². The number of hydrogen-bond donors (Lipinski definition) is 2. The first-order chi connectivity index (χ1) is 6.87. The largest absolute Gasteiger partial charge is 0.392 e. The zero-order valence-corrected chi connectivity index (χ0v) is 10.7. The summed E-state index contributed by atoms with van der Waals surface area (Å²) in [5.41, 5.74) is 0. The van der Waals surface area contributed by atoms with E-state index in [1.165, 1.54) is 0 Å². The number of unbranched alkanes of at least 4 members (excludes halogenated alkanes) is 1. The molecule has 0 spiro atoms. The zero-order chi connectivity index (χ0) is 11.9. The SMILES string of the molecule is CCCCS(=O)(=O)NCC(O)CC(C)C. The molecule has 0 saturated carbocycles. The Hall–Kier alpha value is -0.130. The van der Waals surface area contributed by atoms with Crippen molar-refractivity contribution in [3.05, 3.63) is 0 Å². The predicted octanol–water partition coefficient (Wildman–Crippen LogP) is 1.11. The molecular weight excluding hydrogens is 214 g/mol. The highest BCUT2D eigenvalue weighted by atomic mass is 32.2. The van der Waals surface area contributed by atoms with Crippen LogP contribution in [0.4, 0.5) is 0 Å². The highest BCUT2D eigenvalue weighted by Crippen LogP contribution is 2.04. The molecule has 0 aromatic rings. The van der Waals surface area contributed by atoms with Crippen molar-refractivity contribution in [2.75, 3.05) is 12.3 Å². The van der Waals surface area contributed by atoms with Crippen LogP contribution in [0.25, 0.3) is 0 Å². The Morgan fingerprint density at radius 3 is 2.40 bits per heavy atom. The summed E-state index contributed by atoms with van der Waals surface area (Å²) >= 11 is 0. The quantitative estimate of drug-likeness (QED) is 0.664. The molecule has 92 valence electrons. The molecule has 0 rings (SSSR count). The van der Waals surface area contributed by atoms with Gasteiger partial charge in [0.15, 0.2) is 0 Å². The van der Waals surface area contributed by atoms with E-state index >= 15 is 0 Å². The van der Waals surface area contributed by atoms with E-state index < -0.39 is 16.1 Å². The minimum absolute atomic E-state index is 0.129. The zero-order valence-electron chi connectivity index (χ0n) is 9.86. The van der Waals surface area contributed by atoms with Crippen molar-refractivity contribution in [3.8, 4) is 0 Å². The molecule has 5 heteroatoms. The minimum Gasteiger partial charge on any atom is -0.392 e. The molecule has 1 atom stereocenters. The standard InChI is InChI=1S/C10H23NO3S/c1-4-5-6-15(13,14)11-8-10(12)7-9(2)3/h9-12H,4-8H2,1-3H3. The van der Waals surface area contributed by atoms with Crippen LogP contribution in [-0.2, 0) is 10.0 Å². The van der Waals surface area contributed by atoms with E-state index in [1.54, 1.807) is 0 Å². The van der Waals surface area contributed by atoms with Gasteiger partial charge in [-0.2, -0.15) is 0 Å². The Kier molecular flexibility index (Phi) is 7.13. The first kappa shape index (κ1) is 14.9. The summed E-state index contributed by atoms with van der Waals surface area (Å²) in [5.74, 6) is 0.526. The van der Waals surface area contributed by atoms with Crippen LogP contribution in [0.5, 0.6) is 0 Å². The van der Waals surface area contributed by atoms with Crippen molar-refractivity contribution < 1.29 is 13.5 Å². The number of rotatable bonds is 8. The first-order valence-electron chi connectivity index (χ1n) is 5.52. The summed E-state index contributed by atoms with van der Waals surface area (Å²) in [6.45, 7) is 6.07. The van der Waals surface area contributed by atoms with Crippen LogP contribution in [0.2, 0.25) is 0 Å². The van der Waals surface area contributed by atoms with E-state index in [9.17, 15) is 13.5 Å². The summed E-state index contributed by atoms with van der Waals surface area (Å²) in [4.78, 5) is 0. The third-order valence-electron chi connectivity index (χ3n) is 2.05. The van der Waals surface area contributed by atoms with E-state index in [0.717, 1.165) is 6.42 Å². The Balaban J connectivity index is 3.82. The molecule has 0 radical (unpaired) electrons. The van der Waals surface area contributed by atoms with Gasteiger partial charge in [-0.05, 0) is 18.8 Å². The lowest BCUT2D eigenvalue weighted by atomic mass is 10.1. The number of aliphatic hydroxyl groups excluding tert-OH is 1. The fraction of sp³-hybridized carbons (Fsp3) is 1.00. The molecule has 0 saturated heterocycles. The van der Waals surface area contributed by atoms with Gasteiger partial charge in [-0.25, -0.2) is 13.1 Å². The maximum absolute atomic E-state index is 11.4. The van der Waals surface area contributed by atoms with E-state index in [0.29, 0.717) is 18.8 Å². The molecule has 0 heterocycles. The molecule has 0 aromatic carbocycles. The van der Waals surface area contributed by atoms with Crippen molar-refractivity contribution >= 4 is 10.0 Å². The number of sulfonamides is 1. The topological polar surface area (TPSA) is 66.4 Å². The molecule has 0 aromatic heterocycles. The Bertz CT molecular complexity index is 249. The second-order valence-electron chi connectivity index (χ2n) is 4.30. The molecule has 2 N–H and O–H groups in total. The number of aliphatic hydroxyl groups is 1. The van der Waals surface area contributed by atoms with Crippen LogP contribution in [0.3, 0.4) is 0 Å². The smallest absolute Gasteiger partial charge is 0.211 e. The van der Waals surface area contributed by atoms with Gasteiger partial charge < -0.3 is 5.11 Å². The van der Waals surface area contributed by atoms with E-state index in [2.05, 4.69) is 4.72 Å². The Morgan fingerprint density at radius 2 is 1.93 bits per heavy atom. The van der Waals surface area contributed by atoms with Crippen LogP contribution in [0.15, 0.2) is 0 Å². The van der Waals surface area contributed by atoms with Crippen LogP contribution < -0.4 is 4.72 Å².